The Morgan fingerprint density at radius 1 is 0.962 bits per heavy atom. The lowest BCUT2D eigenvalue weighted by Crippen LogP contribution is -2.41. The number of hydrogen-bond acceptors (Lipinski definition) is 3. The SMILES string of the molecule is CC1(C)OB(C(CC(=O)c2ccc(F)cc2)c2ccccc2)OC1(C)C. The van der Waals surface area contributed by atoms with Crippen LogP contribution in [-0.4, -0.2) is 24.1 Å². The third-order valence-electron chi connectivity index (χ3n) is 5.40. The summed E-state index contributed by atoms with van der Waals surface area (Å²) in [7, 11) is -0.521. The van der Waals surface area contributed by atoms with E-state index in [0.29, 0.717) is 5.56 Å². The van der Waals surface area contributed by atoms with Gasteiger partial charge in [-0.1, -0.05) is 30.3 Å². The van der Waals surface area contributed by atoms with Crippen LogP contribution in [0.25, 0.3) is 0 Å². The number of carbonyl (C=O) groups is 1. The maximum atomic E-state index is 13.1. The van der Waals surface area contributed by atoms with Gasteiger partial charge in [0.2, 0.25) is 0 Å². The van der Waals surface area contributed by atoms with Gasteiger partial charge in [0.1, 0.15) is 5.82 Å². The first-order chi connectivity index (χ1) is 12.2. The smallest absolute Gasteiger partial charge is 0.403 e. The van der Waals surface area contributed by atoms with Crippen molar-refractivity contribution in [2.24, 2.45) is 0 Å². The summed E-state index contributed by atoms with van der Waals surface area (Å²) in [5, 5.41) is 0. The highest BCUT2D eigenvalue weighted by atomic mass is 19.1. The molecule has 3 rings (SSSR count). The maximum Gasteiger partial charge on any atom is 0.466 e. The second-order valence-electron chi connectivity index (χ2n) is 7.78. The molecule has 1 heterocycles. The Hall–Kier alpha value is -1.98. The number of halogens is 1. The van der Waals surface area contributed by atoms with Crippen molar-refractivity contribution in [1.29, 1.82) is 0 Å². The van der Waals surface area contributed by atoms with Crippen molar-refractivity contribution in [1.82, 2.24) is 0 Å². The first kappa shape index (κ1) is 18.8. The lowest BCUT2D eigenvalue weighted by molar-refractivity contribution is 0.00578. The average Bonchev–Trinajstić information content (AvgIpc) is 2.81. The molecule has 0 aliphatic carbocycles. The van der Waals surface area contributed by atoms with Gasteiger partial charge in [-0.05, 0) is 57.5 Å². The van der Waals surface area contributed by atoms with Crippen molar-refractivity contribution in [2.75, 3.05) is 0 Å². The van der Waals surface area contributed by atoms with Gasteiger partial charge in [0.05, 0.1) is 11.2 Å². The fourth-order valence-corrected chi connectivity index (χ4v) is 3.08. The van der Waals surface area contributed by atoms with Crippen LogP contribution in [-0.2, 0) is 9.31 Å². The molecular formula is C21H24BFO3. The highest BCUT2D eigenvalue weighted by Crippen LogP contribution is 2.42. The topological polar surface area (TPSA) is 35.5 Å². The van der Waals surface area contributed by atoms with E-state index in [1.807, 2.05) is 58.0 Å². The fraction of sp³-hybridized carbons (Fsp3) is 0.381. The fourth-order valence-electron chi connectivity index (χ4n) is 3.08. The largest absolute Gasteiger partial charge is 0.466 e. The van der Waals surface area contributed by atoms with E-state index in [1.165, 1.54) is 24.3 Å². The summed E-state index contributed by atoms with van der Waals surface area (Å²) >= 11 is 0. The Bertz CT molecular complexity index is 756. The lowest BCUT2D eigenvalue weighted by atomic mass is 9.65. The van der Waals surface area contributed by atoms with E-state index < -0.39 is 18.3 Å². The van der Waals surface area contributed by atoms with Crippen molar-refractivity contribution in [3.8, 4) is 0 Å². The molecular weight excluding hydrogens is 330 g/mol. The average molecular weight is 354 g/mol. The van der Waals surface area contributed by atoms with Crippen LogP contribution in [0, 0.1) is 5.82 Å². The molecule has 26 heavy (non-hydrogen) atoms. The monoisotopic (exact) mass is 354 g/mol. The van der Waals surface area contributed by atoms with Crippen LogP contribution < -0.4 is 0 Å². The first-order valence-corrected chi connectivity index (χ1v) is 8.89. The van der Waals surface area contributed by atoms with Crippen LogP contribution >= 0.6 is 0 Å². The van der Waals surface area contributed by atoms with E-state index in [-0.39, 0.29) is 23.8 Å². The van der Waals surface area contributed by atoms with Gasteiger partial charge in [-0.25, -0.2) is 4.39 Å². The molecule has 2 aromatic rings. The zero-order chi connectivity index (χ0) is 18.9. The number of ketones is 1. The molecule has 136 valence electrons. The van der Waals surface area contributed by atoms with Crippen LogP contribution in [0.4, 0.5) is 4.39 Å². The summed E-state index contributed by atoms with van der Waals surface area (Å²) in [4.78, 5) is 12.8. The molecule has 0 bridgehead atoms. The third-order valence-corrected chi connectivity index (χ3v) is 5.40. The second-order valence-corrected chi connectivity index (χ2v) is 7.78. The van der Waals surface area contributed by atoms with Crippen molar-refractivity contribution in [3.63, 3.8) is 0 Å². The molecule has 0 spiro atoms. The van der Waals surface area contributed by atoms with Gasteiger partial charge in [-0.15, -0.1) is 0 Å². The molecule has 1 aliphatic heterocycles. The van der Waals surface area contributed by atoms with Gasteiger partial charge in [-0.3, -0.25) is 4.79 Å². The molecule has 3 nitrogen and oxygen atoms in total. The van der Waals surface area contributed by atoms with Crippen LogP contribution in [0.2, 0.25) is 0 Å². The van der Waals surface area contributed by atoms with Crippen LogP contribution in [0.3, 0.4) is 0 Å². The predicted octanol–water partition coefficient (Wildman–Crippen LogP) is 4.81. The predicted molar refractivity (Wildman–Crippen MR) is 101 cm³/mol. The maximum absolute atomic E-state index is 13.1. The molecule has 0 aromatic heterocycles. The summed E-state index contributed by atoms with van der Waals surface area (Å²) in [6.45, 7) is 7.99. The minimum absolute atomic E-state index is 0.0615. The van der Waals surface area contributed by atoms with Gasteiger partial charge < -0.3 is 9.31 Å². The van der Waals surface area contributed by atoms with E-state index in [0.717, 1.165) is 5.56 Å². The van der Waals surface area contributed by atoms with Gasteiger partial charge >= 0.3 is 7.12 Å². The minimum atomic E-state index is -0.521. The second kappa shape index (κ2) is 6.97. The highest BCUT2D eigenvalue weighted by Gasteiger charge is 2.54. The van der Waals surface area contributed by atoms with Gasteiger partial charge in [0.15, 0.2) is 5.78 Å². The molecule has 1 aliphatic rings. The normalized spacial score (nSPS) is 19.3. The summed E-state index contributed by atoms with van der Waals surface area (Å²) in [5.74, 6) is -0.657. The van der Waals surface area contributed by atoms with Crippen molar-refractivity contribution >= 4 is 12.9 Å². The summed E-state index contributed by atoms with van der Waals surface area (Å²) in [5.41, 5.74) is 0.540. The summed E-state index contributed by atoms with van der Waals surface area (Å²) in [6.07, 6.45) is 0.229. The summed E-state index contributed by atoms with van der Waals surface area (Å²) < 4.78 is 25.5. The van der Waals surface area contributed by atoms with Crippen LogP contribution in [0.5, 0.6) is 0 Å². The Balaban J connectivity index is 1.88. The molecule has 1 fully saturated rings. The third kappa shape index (κ3) is 3.74. The number of carbonyl (C=O) groups excluding carboxylic acids is 1. The van der Waals surface area contributed by atoms with Gasteiger partial charge in [-0.2, -0.15) is 0 Å². The van der Waals surface area contributed by atoms with Crippen molar-refractivity contribution in [3.05, 3.63) is 71.5 Å². The zero-order valence-corrected chi connectivity index (χ0v) is 15.7. The molecule has 2 aromatic carbocycles. The van der Waals surface area contributed by atoms with Crippen molar-refractivity contribution in [2.45, 2.75) is 51.1 Å². The minimum Gasteiger partial charge on any atom is -0.403 e. The van der Waals surface area contributed by atoms with E-state index in [1.54, 1.807) is 0 Å². The zero-order valence-electron chi connectivity index (χ0n) is 15.7. The Kier molecular flexibility index (Phi) is 5.04. The molecule has 0 amide bonds. The number of benzene rings is 2. The van der Waals surface area contributed by atoms with Crippen molar-refractivity contribution < 1.29 is 18.5 Å². The van der Waals surface area contributed by atoms with Gasteiger partial charge in [0, 0.05) is 17.8 Å². The van der Waals surface area contributed by atoms with E-state index >= 15 is 0 Å². The standard InChI is InChI=1S/C21H24BFO3/c1-20(2)21(3,4)26-22(25-20)18(15-8-6-5-7-9-15)14-19(24)16-10-12-17(23)13-11-16/h5-13,18H,14H2,1-4H3. The van der Waals surface area contributed by atoms with Gasteiger partial charge in [0.25, 0.3) is 0 Å². The van der Waals surface area contributed by atoms with E-state index in [2.05, 4.69) is 0 Å². The molecule has 0 saturated carbocycles. The Morgan fingerprint density at radius 3 is 2.04 bits per heavy atom. The van der Waals surface area contributed by atoms with E-state index in [9.17, 15) is 9.18 Å². The molecule has 0 radical (unpaired) electrons. The quantitative estimate of drug-likeness (QED) is 0.571. The molecule has 5 heteroatoms. The van der Waals surface area contributed by atoms with E-state index in [4.69, 9.17) is 9.31 Å². The molecule has 1 unspecified atom stereocenters. The molecule has 0 N–H and O–H groups in total. The summed E-state index contributed by atoms with van der Waals surface area (Å²) in [6, 6.07) is 15.4. The molecule has 1 saturated heterocycles. The van der Waals surface area contributed by atoms with Crippen LogP contribution in [0.1, 0.15) is 55.9 Å². The lowest BCUT2D eigenvalue weighted by Gasteiger charge is -2.32. The first-order valence-electron chi connectivity index (χ1n) is 8.89. The number of rotatable bonds is 5. The Morgan fingerprint density at radius 2 is 1.50 bits per heavy atom. The number of hydrogen-bond donors (Lipinski definition) is 0. The highest BCUT2D eigenvalue weighted by molar-refractivity contribution is 6.48. The number of Topliss-reactive ketones (excluding diaryl/α,β-unsaturated/α-hetero) is 1. The van der Waals surface area contributed by atoms with Crippen LogP contribution in [0.15, 0.2) is 54.6 Å². The molecule has 1 atom stereocenters. The Labute approximate surface area is 154 Å².